The number of cyclic esters (lactones) is 1. The van der Waals surface area contributed by atoms with Gasteiger partial charge in [0.2, 0.25) is 0 Å². The van der Waals surface area contributed by atoms with Crippen molar-refractivity contribution in [2.24, 2.45) is 0 Å². The Morgan fingerprint density at radius 3 is 2.71 bits per heavy atom. The van der Waals surface area contributed by atoms with Gasteiger partial charge in [-0.3, -0.25) is 9.69 Å². The lowest BCUT2D eigenvalue weighted by atomic mass is 10.1. The topological polar surface area (TPSA) is 66.8 Å². The summed E-state index contributed by atoms with van der Waals surface area (Å²) in [7, 11) is 0. The second-order valence-corrected chi connectivity index (χ2v) is 7.58. The summed E-state index contributed by atoms with van der Waals surface area (Å²) in [6, 6.07) is 15.1. The summed E-state index contributed by atoms with van der Waals surface area (Å²) in [5.74, 6) is -0.213. The molecule has 0 bridgehead atoms. The molecule has 1 saturated heterocycles. The maximum absolute atomic E-state index is 12.8. The van der Waals surface area contributed by atoms with Crippen LogP contribution in [0.3, 0.4) is 0 Å². The highest BCUT2D eigenvalue weighted by Gasteiger charge is 2.24. The van der Waals surface area contributed by atoms with Gasteiger partial charge in [0.1, 0.15) is 6.61 Å². The van der Waals surface area contributed by atoms with Gasteiger partial charge in [-0.2, -0.15) is 0 Å². The van der Waals surface area contributed by atoms with Gasteiger partial charge in [0.05, 0.1) is 6.54 Å². The molecule has 1 aliphatic rings. The molecular formula is C24H28N4O3. The third-order valence-electron chi connectivity index (χ3n) is 5.76. The summed E-state index contributed by atoms with van der Waals surface area (Å²) in [4.78, 5) is 28.5. The predicted molar refractivity (Wildman–Crippen MR) is 123 cm³/mol. The average Bonchev–Trinajstić information content (AvgIpc) is 3.40. The monoisotopic (exact) mass is 420 g/mol. The number of ether oxygens (including phenoxy) is 1. The lowest BCUT2D eigenvalue weighted by molar-refractivity contribution is 0.102. The zero-order valence-electron chi connectivity index (χ0n) is 18.0. The van der Waals surface area contributed by atoms with Crippen LogP contribution in [0, 0.1) is 0 Å². The van der Waals surface area contributed by atoms with Crippen LogP contribution in [-0.2, 0) is 11.3 Å². The van der Waals surface area contributed by atoms with Gasteiger partial charge in [-0.15, -0.1) is 0 Å². The van der Waals surface area contributed by atoms with Gasteiger partial charge in [-0.25, -0.2) is 4.79 Å². The average molecular weight is 421 g/mol. The number of aromatic nitrogens is 1. The molecular weight excluding hydrogens is 392 g/mol. The lowest BCUT2D eigenvalue weighted by Gasteiger charge is -2.18. The first-order valence-electron chi connectivity index (χ1n) is 10.8. The Hall–Kier alpha value is -3.32. The zero-order valence-corrected chi connectivity index (χ0v) is 18.0. The van der Waals surface area contributed by atoms with Crippen LogP contribution < -0.4 is 10.2 Å². The standard InChI is InChI=1S/C24H28N4O3/c1-3-26(4-2)12-13-27-11-10-18-16-20(8-9-22(18)27)25-23(29)19-6-5-7-21(17-19)28-14-15-31-24(28)30/h5-11,16-17H,3-4,12-15H2,1-2H3,(H,25,29). The molecule has 0 aliphatic carbocycles. The van der Waals surface area contributed by atoms with Crippen LogP contribution >= 0.6 is 0 Å². The van der Waals surface area contributed by atoms with Crippen molar-refractivity contribution in [3.8, 4) is 0 Å². The largest absolute Gasteiger partial charge is 0.447 e. The fraction of sp³-hybridized carbons (Fsp3) is 0.333. The Bertz CT molecular complexity index is 1090. The number of carbonyl (C=O) groups is 2. The molecule has 2 amide bonds. The number of hydrogen-bond donors (Lipinski definition) is 1. The van der Waals surface area contributed by atoms with E-state index in [0.29, 0.717) is 24.4 Å². The van der Waals surface area contributed by atoms with Gasteiger partial charge < -0.3 is 19.5 Å². The summed E-state index contributed by atoms with van der Waals surface area (Å²) in [5.41, 5.74) is 3.05. The summed E-state index contributed by atoms with van der Waals surface area (Å²) in [6.45, 7) is 9.25. The SMILES string of the molecule is CCN(CC)CCn1ccc2cc(NC(=O)c3cccc(N4CCOC4=O)c3)ccc21. The first-order valence-corrected chi connectivity index (χ1v) is 10.8. The van der Waals surface area contributed by atoms with E-state index in [1.165, 1.54) is 4.90 Å². The molecule has 0 spiro atoms. The van der Waals surface area contributed by atoms with E-state index in [1.54, 1.807) is 24.3 Å². The fourth-order valence-electron chi connectivity index (χ4n) is 3.91. The molecule has 3 aromatic rings. The Morgan fingerprint density at radius 2 is 1.97 bits per heavy atom. The van der Waals surface area contributed by atoms with Crippen LogP contribution in [0.1, 0.15) is 24.2 Å². The Kier molecular flexibility index (Phi) is 6.23. The maximum Gasteiger partial charge on any atom is 0.414 e. The number of anilines is 2. The molecule has 7 heteroatoms. The molecule has 0 atom stereocenters. The summed E-state index contributed by atoms with van der Waals surface area (Å²) in [5, 5.41) is 4.05. The van der Waals surface area contributed by atoms with E-state index in [1.807, 2.05) is 18.2 Å². The number of fused-ring (bicyclic) bond motifs is 1. The van der Waals surface area contributed by atoms with E-state index in [-0.39, 0.29) is 12.0 Å². The molecule has 2 heterocycles. The second kappa shape index (κ2) is 9.22. The molecule has 31 heavy (non-hydrogen) atoms. The number of amides is 2. The van der Waals surface area contributed by atoms with Crippen molar-refractivity contribution >= 4 is 34.3 Å². The first kappa shape index (κ1) is 20.9. The number of benzene rings is 2. The molecule has 0 unspecified atom stereocenters. The number of rotatable bonds is 8. The van der Waals surface area contributed by atoms with Crippen molar-refractivity contribution in [1.82, 2.24) is 9.47 Å². The quantitative estimate of drug-likeness (QED) is 0.593. The van der Waals surface area contributed by atoms with Crippen molar-refractivity contribution in [2.45, 2.75) is 20.4 Å². The number of likely N-dealkylation sites (N-methyl/N-ethyl adjacent to an activating group) is 1. The molecule has 1 aliphatic heterocycles. The molecule has 162 valence electrons. The lowest BCUT2D eigenvalue weighted by Crippen LogP contribution is -2.26. The third kappa shape index (κ3) is 4.56. The van der Waals surface area contributed by atoms with E-state index in [0.717, 1.165) is 42.8 Å². The Labute approximate surface area is 182 Å². The minimum atomic E-state index is -0.381. The van der Waals surface area contributed by atoms with E-state index >= 15 is 0 Å². The maximum atomic E-state index is 12.8. The van der Waals surface area contributed by atoms with Crippen LogP contribution in [0.15, 0.2) is 54.7 Å². The van der Waals surface area contributed by atoms with Gasteiger partial charge >= 0.3 is 6.09 Å². The fourth-order valence-corrected chi connectivity index (χ4v) is 3.91. The van der Waals surface area contributed by atoms with Crippen LogP contribution in [-0.4, -0.2) is 54.3 Å². The van der Waals surface area contributed by atoms with Gasteiger partial charge in [0.15, 0.2) is 0 Å². The van der Waals surface area contributed by atoms with Gasteiger partial charge in [0.25, 0.3) is 5.91 Å². The summed E-state index contributed by atoms with van der Waals surface area (Å²) >= 11 is 0. The van der Waals surface area contributed by atoms with Crippen LogP contribution in [0.5, 0.6) is 0 Å². The molecule has 4 rings (SSSR count). The number of carbonyl (C=O) groups excluding carboxylic acids is 2. The molecule has 0 radical (unpaired) electrons. The molecule has 1 N–H and O–H groups in total. The predicted octanol–water partition coefficient (Wildman–Crippen LogP) is 4.19. The van der Waals surface area contributed by atoms with Crippen molar-refractivity contribution in [1.29, 1.82) is 0 Å². The Balaban J connectivity index is 1.46. The first-order chi connectivity index (χ1) is 15.1. The Morgan fingerprint density at radius 1 is 1.13 bits per heavy atom. The van der Waals surface area contributed by atoms with Crippen molar-refractivity contribution in [3.63, 3.8) is 0 Å². The molecule has 1 fully saturated rings. The number of nitrogens with one attached hydrogen (secondary N) is 1. The number of hydrogen-bond acceptors (Lipinski definition) is 4. The van der Waals surface area contributed by atoms with E-state index in [2.05, 4.69) is 40.9 Å². The van der Waals surface area contributed by atoms with Crippen molar-refractivity contribution in [2.75, 3.05) is 43.0 Å². The summed E-state index contributed by atoms with van der Waals surface area (Å²) < 4.78 is 7.23. The van der Waals surface area contributed by atoms with E-state index in [4.69, 9.17) is 4.74 Å². The summed E-state index contributed by atoms with van der Waals surface area (Å²) in [6.07, 6.45) is 1.71. The van der Waals surface area contributed by atoms with E-state index < -0.39 is 0 Å². The molecule has 0 saturated carbocycles. The minimum absolute atomic E-state index is 0.213. The van der Waals surface area contributed by atoms with Crippen molar-refractivity contribution in [3.05, 3.63) is 60.3 Å². The zero-order chi connectivity index (χ0) is 21.8. The van der Waals surface area contributed by atoms with Gasteiger partial charge in [0, 0.05) is 47.1 Å². The van der Waals surface area contributed by atoms with E-state index in [9.17, 15) is 9.59 Å². The molecule has 7 nitrogen and oxygen atoms in total. The van der Waals surface area contributed by atoms with Crippen molar-refractivity contribution < 1.29 is 14.3 Å². The van der Waals surface area contributed by atoms with Crippen LogP contribution in [0.4, 0.5) is 16.2 Å². The molecule has 1 aromatic heterocycles. The number of nitrogens with zero attached hydrogens (tertiary/aromatic N) is 3. The highest BCUT2D eigenvalue weighted by atomic mass is 16.6. The van der Waals surface area contributed by atoms with Crippen LogP contribution in [0.25, 0.3) is 10.9 Å². The smallest absolute Gasteiger partial charge is 0.414 e. The minimum Gasteiger partial charge on any atom is -0.447 e. The third-order valence-corrected chi connectivity index (χ3v) is 5.76. The van der Waals surface area contributed by atoms with Crippen LogP contribution in [0.2, 0.25) is 0 Å². The highest BCUT2D eigenvalue weighted by molar-refractivity contribution is 6.06. The highest BCUT2D eigenvalue weighted by Crippen LogP contribution is 2.23. The normalized spacial score (nSPS) is 13.8. The molecule has 2 aromatic carbocycles. The van der Waals surface area contributed by atoms with Gasteiger partial charge in [-0.1, -0.05) is 19.9 Å². The second-order valence-electron chi connectivity index (χ2n) is 7.58. The van der Waals surface area contributed by atoms with Gasteiger partial charge in [-0.05, 0) is 55.6 Å².